The Labute approximate surface area is 119 Å². The van der Waals surface area contributed by atoms with E-state index in [2.05, 4.69) is 0 Å². The summed E-state index contributed by atoms with van der Waals surface area (Å²) in [6, 6.07) is 5.28. The molecule has 9 heteroatoms. The summed E-state index contributed by atoms with van der Waals surface area (Å²) in [6.45, 7) is -1.19. The number of hydrogen-bond acceptors (Lipinski definition) is 3. The molecule has 0 fully saturated rings. The Balaban J connectivity index is 3.30. The SMILES string of the molecule is Cc1ccc(Cl)cc1S(=O)(=O)N(CC#N)CC(F)(F)F. The Kier molecular flexibility index (Phi) is 5.02. The maximum Gasteiger partial charge on any atom is 0.402 e. The number of sulfonamides is 1. The highest BCUT2D eigenvalue weighted by Gasteiger charge is 2.37. The van der Waals surface area contributed by atoms with Gasteiger partial charge in [-0.15, -0.1) is 0 Å². The molecule has 0 bridgehead atoms. The quantitative estimate of drug-likeness (QED) is 0.799. The van der Waals surface area contributed by atoms with Crippen molar-refractivity contribution < 1.29 is 21.6 Å². The van der Waals surface area contributed by atoms with Crippen LogP contribution in [0.25, 0.3) is 0 Å². The van der Waals surface area contributed by atoms with Crippen LogP contribution >= 0.6 is 11.6 Å². The molecular formula is C11H10ClF3N2O2S. The minimum atomic E-state index is -4.74. The van der Waals surface area contributed by atoms with Crippen molar-refractivity contribution in [2.45, 2.75) is 18.0 Å². The first-order valence-electron chi connectivity index (χ1n) is 5.28. The van der Waals surface area contributed by atoms with E-state index >= 15 is 0 Å². The van der Waals surface area contributed by atoms with Crippen molar-refractivity contribution in [3.8, 4) is 6.07 Å². The number of halogens is 4. The summed E-state index contributed by atoms with van der Waals surface area (Å²) in [4.78, 5) is -0.343. The first-order chi connectivity index (χ1) is 9.08. The average molecular weight is 327 g/mol. The molecule has 0 aliphatic carbocycles. The highest BCUT2D eigenvalue weighted by molar-refractivity contribution is 7.89. The van der Waals surface area contributed by atoms with Crippen LogP contribution in [0, 0.1) is 18.3 Å². The van der Waals surface area contributed by atoms with Crippen molar-refractivity contribution >= 4 is 21.6 Å². The van der Waals surface area contributed by atoms with Crippen molar-refractivity contribution in [3.05, 3.63) is 28.8 Å². The Hall–Kier alpha value is -1.30. The minimum Gasteiger partial charge on any atom is -0.207 e. The summed E-state index contributed by atoms with van der Waals surface area (Å²) in [6.07, 6.45) is -4.74. The second-order valence-electron chi connectivity index (χ2n) is 3.96. The van der Waals surface area contributed by atoms with Gasteiger partial charge in [0.05, 0.1) is 11.0 Å². The Bertz CT molecular complexity index is 638. The van der Waals surface area contributed by atoms with Crippen molar-refractivity contribution in [3.63, 3.8) is 0 Å². The van der Waals surface area contributed by atoms with Gasteiger partial charge in [-0.1, -0.05) is 17.7 Å². The lowest BCUT2D eigenvalue weighted by Crippen LogP contribution is -2.39. The summed E-state index contributed by atoms with van der Waals surface area (Å²) in [5, 5.41) is 8.60. The molecule has 0 unspecified atom stereocenters. The first-order valence-corrected chi connectivity index (χ1v) is 7.10. The molecule has 1 aromatic rings. The molecule has 0 heterocycles. The van der Waals surface area contributed by atoms with E-state index < -0.39 is 29.3 Å². The lowest BCUT2D eigenvalue weighted by atomic mass is 10.2. The van der Waals surface area contributed by atoms with Gasteiger partial charge in [0.25, 0.3) is 0 Å². The Morgan fingerprint density at radius 3 is 2.50 bits per heavy atom. The standard InChI is InChI=1S/C11H10ClF3N2O2S/c1-8-2-3-9(12)6-10(8)20(18,19)17(5-4-16)7-11(13,14)15/h2-3,6H,5,7H2,1H3. The first kappa shape index (κ1) is 16.8. The molecule has 0 saturated heterocycles. The van der Waals surface area contributed by atoms with Crippen LogP contribution in [0.15, 0.2) is 23.1 Å². The highest BCUT2D eigenvalue weighted by atomic mass is 35.5. The zero-order chi connectivity index (χ0) is 15.6. The monoisotopic (exact) mass is 326 g/mol. The predicted octanol–water partition coefficient (Wildman–Crippen LogP) is 2.73. The van der Waals surface area contributed by atoms with Gasteiger partial charge in [0, 0.05) is 5.02 Å². The van der Waals surface area contributed by atoms with Gasteiger partial charge in [-0.3, -0.25) is 0 Å². The van der Waals surface area contributed by atoms with E-state index in [1.165, 1.54) is 25.1 Å². The molecule has 0 saturated carbocycles. The molecule has 0 radical (unpaired) electrons. The van der Waals surface area contributed by atoms with Crippen molar-refractivity contribution in [1.29, 1.82) is 5.26 Å². The van der Waals surface area contributed by atoms with Crippen LogP contribution in [0.2, 0.25) is 5.02 Å². The molecule has 20 heavy (non-hydrogen) atoms. The van der Waals surface area contributed by atoms with Gasteiger partial charge in [0.2, 0.25) is 10.0 Å². The smallest absolute Gasteiger partial charge is 0.207 e. The van der Waals surface area contributed by atoms with Gasteiger partial charge >= 0.3 is 6.18 Å². The molecule has 0 atom stereocenters. The van der Waals surface area contributed by atoms with E-state index in [-0.39, 0.29) is 19.8 Å². The third-order valence-electron chi connectivity index (χ3n) is 2.37. The van der Waals surface area contributed by atoms with E-state index in [0.29, 0.717) is 0 Å². The van der Waals surface area contributed by atoms with Gasteiger partial charge in [0.1, 0.15) is 13.1 Å². The third kappa shape index (κ3) is 4.10. The van der Waals surface area contributed by atoms with E-state index in [1.54, 1.807) is 0 Å². The average Bonchev–Trinajstić information content (AvgIpc) is 2.30. The fourth-order valence-corrected chi connectivity index (χ4v) is 3.31. The number of aryl methyl sites for hydroxylation is 1. The number of benzene rings is 1. The topological polar surface area (TPSA) is 61.2 Å². The summed E-state index contributed by atoms with van der Waals surface area (Å²) in [7, 11) is -4.44. The summed E-state index contributed by atoms with van der Waals surface area (Å²) >= 11 is 5.67. The maximum atomic E-state index is 12.4. The summed E-state index contributed by atoms with van der Waals surface area (Å²) < 4.78 is 61.7. The van der Waals surface area contributed by atoms with Crippen LogP contribution in [0.3, 0.4) is 0 Å². The number of nitriles is 1. The molecular weight excluding hydrogens is 317 g/mol. The van der Waals surface area contributed by atoms with Gasteiger partial charge in [0.15, 0.2) is 0 Å². The molecule has 0 aliphatic heterocycles. The molecule has 0 aromatic heterocycles. The van der Waals surface area contributed by atoms with Gasteiger partial charge in [-0.25, -0.2) is 8.42 Å². The van der Waals surface area contributed by atoms with E-state index in [9.17, 15) is 21.6 Å². The van der Waals surface area contributed by atoms with Crippen LogP contribution in [-0.4, -0.2) is 32.0 Å². The highest BCUT2D eigenvalue weighted by Crippen LogP contribution is 2.26. The number of rotatable bonds is 4. The fourth-order valence-electron chi connectivity index (χ4n) is 1.50. The summed E-state index contributed by atoms with van der Waals surface area (Å²) in [5.74, 6) is 0. The Morgan fingerprint density at radius 1 is 1.40 bits per heavy atom. The fraction of sp³-hybridized carbons (Fsp3) is 0.364. The number of alkyl halides is 3. The number of hydrogen-bond donors (Lipinski definition) is 0. The molecule has 0 spiro atoms. The second kappa shape index (κ2) is 5.99. The molecule has 0 aliphatic rings. The molecule has 4 nitrogen and oxygen atoms in total. The van der Waals surface area contributed by atoms with Crippen LogP contribution in [-0.2, 0) is 10.0 Å². The van der Waals surface area contributed by atoms with Crippen molar-refractivity contribution in [2.75, 3.05) is 13.1 Å². The molecule has 0 amide bonds. The van der Waals surface area contributed by atoms with E-state index in [4.69, 9.17) is 16.9 Å². The largest absolute Gasteiger partial charge is 0.402 e. The molecule has 0 N–H and O–H groups in total. The van der Waals surface area contributed by atoms with E-state index in [1.807, 2.05) is 0 Å². The zero-order valence-corrected chi connectivity index (χ0v) is 11.8. The van der Waals surface area contributed by atoms with Crippen LogP contribution < -0.4 is 0 Å². The predicted molar refractivity (Wildman–Crippen MR) is 66.6 cm³/mol. The van der Waals surface area contributed by atoms with Crippen LogP contribution in [0.5, 0.6) is 0 Å². The van der Waals surface area contributed by atoms with Gasteiger partial charge in [-0.2, -0.15) is 22.7 Å². The van der Waals surface area contributed by atoms with Gasteiger partial charge < -0.3 is 0 Å². The van der Waals surface area contributed by atoms with Crippen molar-refractivity contribution in [2.24, 2.45) is 0 Å². The molecule has 1 rings (SSSR count). The Morgan fingerprint density at radius 2 is 2.00 bits per heavy atom. The molecule has 1 aromatic carbocycles. The number of nitrogens with zero attached hydrogens (tertiary/aromatic N) is 2. The summed E-state index contributed by atoms with van der Waals surface area (Å²) in [5.41, 5.74) is 0.250. The van der Waals surface area contributed by atoms with E-state index in [0.717, 1.165) is 6.07 Å². The lowest BCUT2D eigenvalue weighted by molar-refractivity contribution is -0.135. The van der Waals surface area contributed by atoms with Crippen LogP contribution in [0.1, 0.15) is 5.56 Å². The zero-order valence-electron chi connectivity index (χ0n) is 10.3. The van der Waals surface area contributed by atoms with Crippen LogP contribution in [0.4, 0.5) is 13.2 Å². The lowest BCUT2D eigenvalue weighted by Gasteiger charge is -2.21. The second-order valence-corrected chi connectivity index (χ2v) is 6.30. The van der Waals surface area contributed by atoms with Gasteiger partial charge in [-0.05, 0) is 24.6 Å². The maximum absolute atomic E-state index is 12.4. The molecule has 110 valence electrons. The van der Waals surface area contributed by atoms with Crippen molar-refractivity contribution in [1.82, 2.24) is 4.31 Å². The normalized spacial score (nSPS) is 12.4. The minimum absolute atomic E-state index is 0.0751. The third-order valence-corrected chi connectivity index (χ3v) is 4.54.